The van der Waals surface area contributed by atoms with Crippen LogP contribution in [0.5, 0.6) is 0 Å². The van der Waals surface area contributed by atoms with Crippen LogP contribution in [-0.4, -0.2) is 42.5 Å². The zero-order chi connectivity index (χ0) is 16.1. The maximum Gasteiger partial charge on any atom is 0.243 e. The standard InChI is InChI=1S/C15H17N3O4/c1-18(13-4-5-14(21)17-15(13)22)7-11-6-12(16-9-20)3-2-10(11)8-19/h2-3,6,8-9,13H,4-5,7H2,1H3,(H,16,20)(H,17,21,22). The van der Waals surface area contributed by atoms with Crippen molar-refractivity contribution < 1.29 is 19.2 Å². The van der Waals surface area contributed by atoms with Crippen LogP contribution in [0.3, 0.4) is 0 Å². The van der Waals surface area contributed by atoms with Crippen molar-refractivity contribution in [3.05, 3.63) is 29.3 Å². The van der Waals surface area contributed by atoms with E-state index in [9.17, 15) is 19.2 Å². The van der Waals surface area contributed by atoms with Crippen LogP contribution in [0, 0.1) is 0 Å². The molecule has 116 valence electrons. The molecular formula is C15H17N3O4. The molecule has 0 saturated carbocycles. The number of nitrogens with one attached hydrogen (secondary N) is 2. The summed E-state index contributed by atoms with van der Waals surface area (Å²) in [6, 6.07) is 4.53. The van der Waals surface area contributed by atoms with E-state index in [4.69, 9.17) is 0 Å². The lowest BCUT2D eigenvalue weighted by Gasteiger charge is -2.30. The molecule has 0 bridgehead atoms. The quantitative estimate of drug-likeness (QED) is 0.582. The average Bonchev–Trinajstić information content (AvgIpc) is 2.47. The Bertz CT molecular complexity index is 615. The van der Waals surface area contributed by atoms with Crippen LogP contribution in [-0.2, 0) is 20.9 Å². The molecule has 22 heavy (non-hydrogen) atoms. The monoisotopic (exact) mass is 303 g/mol. The zero-order valence-electron chi connectivity index (χ0n) is 12.2. The van der Waals surface area contributed by atoms with Gasteiger partial charge in [0, 0.05) is 24.2 Å². The Morgan fingerprint density at radius 1 is 1.36 bits per heavy atom. The SMILES string of the molecule is CN(Cc1cc(NC=O)ccc1C=O)C1CCC(=O)NC1=O. The van der Waals surface area contributed by atoms with Gasteiger partial charge < -0.3 is 5.32 Å². The first-order valence-corrected chi connectivity index (χ1v) is 6.87. The van der Waals surface area contributed by atoms with E-state index in [1.54, 1.807) is 30.1 Å². The second-order valence-electron chi connectivity index (χ2n) is 5.18. The summed E-state index contributed by atoms with van der Waals surface area (Å²) in [5.41, 5.74) is 1.77. The van der Waals surface area contributed by atoms with Crippen LogP contribution in [0.1, 0.15) is 28.8 Å². The van der Waals surface area contributed by atoms with Gasteiger partial charge in [-0.15, -0.1) is 0 Å². The van der Waals surface area contributed by atoms with E-state index in [0.717, 1.165) is 6.29 Å². The van der Waals surface area contributed by atoms with Crippen LogP contribution in [0.2, 0.25) is 0 Å². The van der Waals surface area contributed by atoms with Crippen molar-refractivity contribution in [2.24, 2.45) is 0 Å². The highest BCUT2D eigenvalue weighted by Crippen LogP contribution is 2.19. The Kier molecular flexibility index (Phi) is 5.00. The topological polar surface area (TPSA) is 95.6 Å². The second-order valence-corrected chi connectivity index (χ2v) is 5.18. The Labute approximate surface area is 127 Å². The summed E-state index contributed by atoms with van der Waals surface area (Å²) in [7, 11) is 1.76. The van der Waals surface area contributed by atoms with Crippen LogP contribution < -0.4 is 10.6 Å². The third-order valence-corrected chi connectivity index (χ3v) is 3.66. The highest BCUT2D eigenvalue weighted by molar-refractivity contribution is 6.00. The van der Waals surface area contributed by atoms with Crippen LogP contribution in [0.25, 0.3) is 0 Å². The lowest BCUT2D eigenvalue weighted by molar-refractivity contribution is -0.137. The number of anilines is 1. The molecule has 7 nitrogen and oxygen atoms in total. The largest absolute Gasteiger partial charge is 0.329 e. The molecule has 1 aliphatic heterocycles. The minimum Gasteiger partial charge on any atom is -0.329 e. The molecule has 7 heteroatoms. The van der Waals surface area contributed by atoms with Gasteiger partial charge in [-0.25, -0.2) is 0 Å². The number of piperidine rings is 1. The summed E-state index contributed by atoms with van der Waals surface area (Å²) in [6.45, 7) is 0.356. The summed E-state index contributed by atoms with van der Waals surface area (Å²) in [5.74, 6) is -0.589. The summed E-state index contributed by atoms with van der Waals surface area (Å²) in [4.78, 5) is 46.5. The van der Waals surface area contributed by atoms with Gasteiger partial charge in [0.05, 0.1) is 6.04 Å². The molecule has 3 amide bonds. The molecule has 2 rings (SSSR count). The summed E-state index contributed by atoms with van der Waals surface area (Å²) < 4.78 is 0. The van der Waals surface area contributed by atoms with Gasteiger partial charge in [-0.2, -0.15) is 0 Å². The first-order valence-electron chi connectivity index (χ1n) is 6.87. The number of imide groups is 1. The number of hydrogen-bond acceptors (Lipinski definition) is 5. The van der Waals surface area contributed by atoms with Crippen molar-refractivity contribution in [1.29, 1.82) is 0 Å². The number of aldehydes is 1. The maximum atomic E-state index is 11.9. The van der Waals surface area contributed by atoms with Crippen molar-refractivity contribution >= 4 is 30.2 Å². The van der Waals surface area contributed by atoms with Crippen molar-refractivity contribution in [2.75, 3.05) is 12.4 Å². The Balaban J connectivity index is 2.16. The average molecular weight is 303 g/mol. The molecular weight excluding hydrogens is 286 g/mol. The lowest BCUT2D eigenvalue weighted by Crippen LogP contribution is -2.51. The molecule has 0 radical (unpaired) electrons. The van der Waals surface area contributed by atoms with Gasteiger partial charge in [-0.1, -0.05) is 0 Å². The Hall–Kier alpha value is -2.54. The van der Waals surface area contributed by atoms with E-state index < -0.39 is 6.04 Å². The smallest absolute Gasteiger partial charge is 0.243 e. The number of hydrogen-bond donors (Lipinski definition) is 2. The molecule has 1 unspecified atom stereocenters. The van der Waals surface area contributed by atoms with Crippen molar-refractivity contribution in [2.45, 2.75) is 25.4 Å². The second kappa shape index (κ2) is 6.95. The molecule has 1 heterocycles. The molecule has 0 aromatic heterocycles. The Morgan fingerprint density at radius 3 is 2.77 bits per heavy atom. The summed E-state index contributed by atoms with van der Waals surface area (Å²) in [6.07, 6.45) is 2.04. The van der Waals surface area contributed by atoms with Gasteiger partial charge in [0.2, 0.25) is 18.2 Å². The molecule has 0 aliphatic carbocycles. The predicted octanol–water partition coefficient (Wildman–Crippen LogP) is 0.304. The molecule has 1 atom stereocenters. The summed E-state index contributed by atoms with van der Waals surface area (Å²) >= 11 is 0. The van der Waals surface area contributed by atoms with E-state index in [1.807, 2.05) is 0 Å². The van der Waals surface area contributed by atoms with Gasteiger partial charge in [0.25, 0.3) is 0 Å². The first kappa shape index (κ1) is 15.8. The van der Waals surface area contributed by atoms with E-state index in [1.165, 1.54) is 0 Å². The molecule has 1 saturated heterocycles. The van der Waals surface area contributed by atoms with Gasteiger partial charge >= 0.3 is 0 Å². The van der Waals surface area contributed by atoms with E-state index in [0.29, 0.717) is 42.6 Å². The molecule has 1 aliphatic rings. The molecule has 0 spiro atoms. The Morgan fingerprint density at radius 2 is 2.14 bits per heavy atom. The van der Waals surface area contributed by atoms with Crippen molar-refractivity contribution in [3.63, 3.8) is 0 Å². The molecule has 1 aromatic carbocycles. The van der Waals surface area contributed by atoms with Gasteiger partial charge in [-0.05, 0) is 37.2 Å². The minimum absolute atomic E-state index is 0.264. The van der Waals surface area contributed by atoms with Gasteiger partial charge in [-0.3, -0.25) is 29.4 Å². The third kappa shape index (κ3) is 3.56. The fraction of sp³-hybridized carbons (Fsp3) is 0.333. The zero-order valence-corrected chi connectivity index (χ0v) is 12.2. The van der Waals surface area contributed by atoms with Crippen molar-refractivity contribution in [3.8, 4) is 0 Å². The van der Waals surface area contributed by atoms with E-state index in [2.05, 4.69) is 10.6 Å². The third-order valence-electron chi connectivity index (χ3n) is 3.66. The number of likely N-dealkylation sites (N-methyl/N-ethyl adjacent to an activating group) is 1. The highest BCUT2D eigenvalue weighted by atomic mass is 16.2. The lowest BCUT2D eigenvalue weighted by atomic mass is 10.0. The van der Waals surface area contributed by atoms with E-state index >= 15 is 0 Å². The molecule has 1 aromatic rings. The fourth-order valence-electron chi connectivity index (χ4n) is 2.50. The molecule has 2 N–H and O–H groups in total. The van der Waals surface area contributed by atoms with Crippen LogP contribution in [0.15, 0.2) is 18.2 Å². The van der Waals surface area contributed by atoms with Crippen LogP contribution >= 0.6 is 0 Å². The van der Waals surface area contributed by atoms with E-state index in [-0.39, 0.29) is 11.8 Å². The minimum atomic E-state index is -0.417. The number of amides is 3. The number of carbonyl (C=O) groups excluding carboxylic acids is 4. The number of rotatable bonds is 6. The number of benzene rings is 1. The number of nitrogens with zero attached hydrogens (tertiary/aromatic N) is 1. The first-order chi connectivity index (χ1) is 10.5. The fourth-order valence-corrected chi connectivity index (χ4v) is 2.50. The van der Waals surface area contributed by atoms with Crippen molar-refractivity contribution in [1.82, 2.24) is 10.2 Å². The highest BCUT2D eigenvalue weighted by Gasteiger charge is 2.29. The van der Waals surface area contributed by atoms with Crippen LogP contribution in [0.4, 0.5) is 5.69 Å². The maximum absolute atomic E-state index is 11.9. The summed E-state index contributed by atoms with van der Waals surface area (Å²) in [5, 5.41) is 4.84. The number of carbonyl (C=O) groups is 4. The normalized spacial score (nSPS) is 18.0. The molecule has 1 fully saturated rings. The van der Waals surface area contributed by atoms with Gasteiger partial charge in [0.15, 0.2) is 0 Å². The predicted molar refractivity (Wildman–Crippen MR) is 79.2 cm³/mol. The van der Waals surface area contributed by atoms with Gasteiger partial charge in [0.1, 0.15) is 6.29 Å².